The van der Waals surface area contributed by atoms with Gasteiger partial charge in [-0.3, -0.25) is 19.5 Å². The number of imide groups is 1. The van der Waals surface area contributed by atoms with E-state index in [-0.39, 0.29) is 30.0 Å². The van der Waals surface area contributed by atoms with Crippen LogP contribution >= 0.6 is 22.9 Å². The van der Waals surface area contributed by atoms with Crippen LogP contribution in [0.2, 0.25) is 5.02 Å². The number of hydrogen-bond acceptors (Lipinski definition) is 7. The molecule has 2 amide bonds. The molecule has 0 spiro atoms. The van der Waals surface area contributed by atoms with Gasteiger partial charge in [-0.25, -0.2) is 0 Å². The maximum absolute atomic E-state index is 12.2. The molecule has 36 heavy (non-hydrogen) atoms. The van der Waals surface area contributed by atoms with Gasteiger partial charge in [0.25, 0.3) is 0 Å². The molecular weight excluding hydrogens is 496 g/mol. The van der Waals surface area contributed by atoms with Gasteiger partial charge in [0.2, 0.25) is 11.8 Å². The van der Waals surface area contributed by atoms with Crippen LogP contribution in [0.15, 0.2) is 30.5 Å². The van der Waals surface area contributed by atoms with E-state index in [4.69, 9.17) is 11.6 Å². The van der Waals surface area contributed by atoms with Gasteiger partial charge in [-0.1, -0.05) is 11.6 Å². The Morgan fingerprint density at radius 1 is 1.19 bits per heavy atom. The van der Waals surface area contributed by atoms with Gasteiger partial charge >= 0.3 is 0 Å². The van der Waals surface area contributed by atoms with Crippen molar-refractivity contribution in [3.05, 3.63) is 45.9 Å². The number of benzene rings is 1. The lowest BCUT2D eigenvalue weighted by molar-refractivity contribution is -0.138. The SMILES string of the molecule is C[C@]1(CO)C[C@H](N2CCCc3cc(Cl)cc(-c4ccnc5cc(CN6C(=O)CCC6=O)sc45)c32)CN1. The van der Waals surface area contributed by atoms with Crippen molar-refractivity contribution in [2.75, 3.05) is 24.6 Å². The summed E-state index contributed by atoms with van der Waals surface area (Å²) >= 11 is 8.24. The first-order chi connectivity index (χ1) is 17.3. The highest BCUT2D eigenvalue weighted by Gasteiger charge is 2.39. The molecule has 2 atom stereocenters. The minimum Gasteiger partial charge on any atom is -0.394 e. The van der Waals surface area contributed by atoms with E-state index < -0.39 is 0 Å². The molecule has 0 bridgehead atoms. The number of hydrogen-bond donors (Lipinski definition) is 2. The van der Waals surface area contributed by atoms with Gasteiger partial charge in [0.05, 0.1) is 23.4 Å². The predicted octanol–water partition coefficient (Wildman–Crippen LogP) is 4.13. The number of carbonyl (C=O) groups is 2. The molecule has 3 aliphatic heterocycles. The number of likely N-dealkylation sites (tertiary alicyclic amines) is 1. The van der Waals surface area contributed by atoms with Gasteiger partial charge in [-0.15, -0.1) is 11.3 Å². The summed E-state index contributed by atoms with van der Waals surface area (Å²) in [6.07, 6.45) is 5.32. The summed E-state index contributed by atoms with van der Waals surface area (Å²) in [7, 11) is 0. The first-order valence-corrected chi connectivity index (χ1v) is 13.7. The number of carbonyl (C=O) groups excluding carboxylic acids is 2. The third-order valence-corrected chi connectivity index (χ3v) is 9.11. The molecule has 0 saturated carbocycles. The summed E-state index contributed by atoms with van der Waals surface area (Å²) in [5.41, 5.74) is 5.20. The zero-order valence-corrected chi connectivity index (χ0v) is 21.8. The van der Waals surface area contributed by atoms with E-state index >= 15 is 0 Å². The molecule has 5 heterocycles. The fourth-order valence-electron chi connectivity index (χ4n) is 5.91. The molecule has 1 aromatic carbocycles. The van der Waals surface area contributed by atoms with Crippen LogP contribution in [0.25, 0.3) is 21.3 Å². The average Bonchev–Trinajstić information content (AvgIpc) is 3.56. The lowest BCUT2D eigenvalue weighted by atomic mass is 9.91. The molecular formula is C27H29ClN4O3S. The van der Waals surface area contributed by atoms with Gasteiger partial charge in [-0.2, -0.15) is 0 Å². The minimum absolute atomic E-state index is 0.106. The molecule has 7 nitrogen and oxygen atoms in total. The van der Waals surface area contributed by atoms with Crippen LogP contribution in [0.3, 0.4) is 0 Å². The van der Waals surface area contributed by atoms with Gasteiger partial charge in [0, 0.05) is 70.4 Å². The molecule has 0 unspecified atom stereocenters. The summed E-state index contributed by atoms with van der Waals surface area (Å²) in [4.78, 5) is 33.8. The van der Waals surface area contributed by atoms with Gasteiger partial charge in [0.1, 0.15) is 0 Å². The van der Waals surface area contributed by atoms with Crippen molar-refractivity contribution in [2.45, 2.75) is 57.2 Å². The van der Waals surface area contributed by atoms with Crippen LogP contribution in [0.5, 0.6) is 0 Å². The lowest BCUT2D eigenvalue weighted by Crippen LogP contribution is -2.41. The number of aliphatic hydroxyl groups is 1. The Balaban J connectivity index is 1.43. The van der Waals surface area contributed by atoms with Crippen molar-refractivity contribution in [3.8, 4) is 11.1 Å². The van der Waals surface area contributed by atoms with Crippen LogP contribution in [-0.2, 0) is 22.6 Å². The monoisotopic (exact) mass is 524 g/mol. The Labute approximate surface area is 219 Å². The molecule has 0 radical (unpaired) electrons. The van der Waals surface area contributed by atoms with Crippen molar-refractivity contribution < 1.29 is 14.7 Å². The third-order valence-electron chi connectivity index (χ3n) is 7.75. The molecule has 188 valence electrons. The zero-order chi connectivity index (χ0) is 25.0. The van der Waals surface area contributed by atoms with E-state index in [2.05, 4.69) is 28.2 Å². The number of rotatable bonds is 5. The third kappa shape index (κ3) is 4.10. The average molecular weight is 525 g/mol. The van der Waals surface area contributed by atoms with Crippen molar-refractivity contribution in [1.29, 1.82) is 0 Å². The second kappa shape index (κ2) is 9.10. The van der Waals surface area contributed by atoms with E-state index in [1.807, 2.05) is 24.4 Å². The highest BCUT2D eigenvalue weighted by atomic mass is 35.5. The number of aromatic nitrogens is 1. The number of aryl methyl sites for hydroxylation is 1. The Morgan fingerprint density at radius 2 is 2.00 bits per heavy atom. The Kier molecular flexibility index (Phi) is 6.03. The van der Waals surface area contributed by atoms with E-state index in [0.717, 1.165) is 58.6 Å². The highest BCUT2D eigenvalue weighted by molar-refractivity contribution is 7.19. The standard InChI is InChI=1S/C27H29ClN4O3S/c1-27(15-33)12-18(13-30-27)31-8-2-3-16-9-17(28)10-21(25(16)31)20-6-7-29-22-11-19(36-26(20)22)14-32-23(34)4-5-24(32)35/h6-7,9-11,18,30,33H,2-5,8,12-15H2,1H3/t18-,27+/m0/s1. The summed E-state index contributed by atoms with van der Waals surface area (Å²) in [6.45, 7) is 4.27. The number of amides is 2. The second-order valence-electron chi connectivity index (χ2n) is 10.4. The number of aliphatic hydroxyl groups excluding tert-OH is 1. The molecule has 6 rings (SSSR count). The number of anilines is 1. The van der Waals surface area contributed by atoms with Crippen LogP contribution in [0, 0.1) is 0 Å². The first kappa shape index (κ1) is 23.9. The van der Waals surface area contributed by atoms with Crippen LogP contribution in [-0.4, -0.2) is 58.1 Å². The van der Waals surface area contributed by atoms with E-state index in [1.165, 1.54) is 16.2 Å². The van der Waals surface area contributed by atoms with Crippen LogP contribution in [0.1, 0.15) is 43.0 Å². The Bertz CT molecular complexity index is 1360. The number of nitrogens with zero attached hydrogens (tertiary/aromatic N) is 3. The minimum atomic E-state index is -0.272. The molecule has 3 aliphatic rings. The molecule has 2 N–H and O–H groups in total. The maximum Gasteiger partial charge on any atom is 0.230 e. The normalized spacial score (nSPS) is 24.2. The van der Waals surface area contributed by atoms with E-state index in [9.17, 15) is 14.7 Å². The molecule has 9 heteroatoms. The van der Waals surface area contributed by atoms with Crippen LogP contribution in [0.4, 0.5) is 5.69 Å². The highest BCUT2D eigenvalue weighted by Crippen LogP contribution is 2.45. The second-order valence-corrected chi connectivity index (χ2v) is 11.9. The first-order valence-electron chi connectivity index (χ1n) is 12.5. The summed E-state index contributed by atoms with van der Waals surface area (Å²) in [5.74, 6) is -0.213. The van der Waals surface area contributed by atoms with Crippen molar-refractivity contribution >= 4 is 50.7 Å². The molecule has 2 aromatic heterocycles. The Morgan fingerprint density at radius 3 is 2.75 bits per heavy atom. The number of halogens is 1. The number of thiophene rings is 1. The van der Waals surface area contributed by atoms with E-state index in [1.54, 1.807) is 11.3 Å². The number of nitrogens with one attached hydrogen (secondary N) is 1. The summed E-state index contributed by atoms with van der Waals surface area (Å²) in [5, 5.41) is 14.1. The van der Waals surface area contributed by atoms with Crippen molar-refractivity contribution in [1.82, 2.24) is 15.2 Å². The van der Waals surface area contributed by atoms with Gasteiger partial charge in [-0.05, 0) is 56.0 Å². The maximum atomic E-state index is 12.2. The summed E-state index contributed by atoms with van der Waals surface area (Å²) in [6, 6.07) is 8.45. The summed E-state index contributed by atoms with van der Waals surface area (Å²) < 4.78 is 1.03. The number of fused-ring (bicyclic) bond motifs is 2. The van der Waals surface area contributed by atoms with Crippen molar-refractivity contribution in [3.63, 3.8) is 0 Å². The lowest BCUT2D eigenvalue weighted by Gasteiger charge is -2.38. The largest absolute Gasteiger partial charge is 0.394 e. The topological polar surface area (TPSA) is 85.8 Å². The predicted molar refractivity (Wildman–Crippen MR) is 142 cm³/mol. The Hall–Kier alpha value is -2.52. The molecule has 3 aromatic rings. The molecule has 0 aliphatic carbocycles. The van der Waals surface area contributed by atoms with Crippen molar-refractivity contribution in [2.24, 2.45) is 0 Å². The fourth-order valence-corrected chi connectivity index (χ4v) is 7.28. The molecule has 2 saturated heterocycles. The zero-order valence-electron chi connectivity index (χ0n) is 20.2. The van der Waals surface area contributed by atoms with E-state index in [0.29, 0.717) is 24.4 Å². The number of pyridine rings is 1. The quantitative estimate of drug-likeness (QED) is 0.488. The van der Waals surface area contributed by atoms with Gasteiger partial charge in [0.15, 0.2) is 0 Å². The molecule has 2 fully saturated rings. The smallest absolute Gasteiger partial charge is 0.230 e. The fraction of sp³-hybridized carbons (Fsp3) is 0.444. The van der Waals surface area contributed by atoms with Gasteiger partial charge < -0.3 is 15.3 Å². The van der Waals surface area contributed by atoms with Crippen LogP contribution < -0.4 is 10.2 Å².